The van der Waals surface area contributed by atoms with E-state index in [-0.39, 0.29) is 11.6 Å². The van der Waals surface area contributed by atoms with Crippen molar-refractivity contribution in [3.8, 4) is 0 Å². The molecule has 1 saturated heterocycles. The van der Waals surface area contributed by atoms with E-state index in [0.717, 1.165) is 32.4 Å². The quantitative estimate of drug-likeness (QED) is 0.860. The summed E-state index contributed by atoms with van der Waals surface area (Å²) in [7, 11) is 2.01. The van der Waals surface area contributed by atoms with Crippen LogP contribution in [0.1, 0.15) is 60.3 Å². The molecule has 20 heavy (non-hydrogen) atoms. The number of hydrogen-bond donors (Lipinski definition) is 1. The van der Waals surface area contributed by atoms with Gasteiger partial charge in [-0.05, 0) is 73.3 Å². The maximum absolute atomic E-state index is 12.1. The van der Waals surface area contributed by atoms with Gasteiger partial charge in [-0.3, -0.25) is 0 Å². The summed E-state index contributed by atoms with van der Waals surface area (Å²) in [6.45, 7) is 11.9. The van der Waals surface area contributed by atoms with Crippen molar-refractivity contribution in [2.45, 2.75) is 71.4 Å². The van der Waals surface area contributed by atoms with Crippen molar-refractivity contribution in [2.75, 3.05) is 20.1 Å². The van der Waals surface area contributed by atoms with Crippen molar-refractivity contribution in [1.82, 2.24) is 10.2 Å². The summed E-state index contributed by atoms with van der Waals surface area (Å²) in [5.74, 6) is 0.601. The van der Waals surface area contributed by atoms with Crippen LogP contribution in [-0.4, -0.2) is 42.3 Å². The number of likely N-dealkylation sites (tertiary alicyclic amines) is 1. The SMILES string of the molecule is CNC(C)(C)CCC1CCCN(C(=O)OC(C)(C)C)C1. The van der Waals surface area contributed by atoms with Crippen molar-refractivity contribution in [3.05, 3.63) is 0 Å². The second kappa shape index (κ2) is 6.79. The number of amides is 1. The lowest BCUT2D eigenvalue weighted by Gasteiger charge is -2.35. The predicted molar refractivity (Wildman–Crippen MR) is 82.9 cm³/mol. The van der Waals surface area contributed by atoms with Gasteiger partial charge in [-0.1, -0.05) is 0 Å². The first-order valence-corrected chi connectivity index (χ1v) is 7.80. The third-order valence-corrected chi connectivity index (χ3v) is 4.03. The molecule has 0 spiro atoms. The normalized spacial score (nSPS) is 20.9. The zero-order chi connectivity index (χ0) is 15.4. The van der Waals surface area contributed by atoms with Crippen molar-refractivity contribution in [1.29, 1.82) is 0 Å². The van der Waals surface area contributed by atoms with Gasteiger partial charge in [0.25, 0.3) is 0 Å². The lowest BCUT2D eigenvalue weighted by molar-refractivity contribution is 0.0158. The molecule has 0 aliphatic carbocycles. The molecule has 1 fully saturated rings. The van der Waals surface area contributed by atoms with E-state index in [1.54, 1.807) is 0 Å². The van der Waals surface area contributed by atoms with Crippen LogP contribution in [0.2, 0.25) is 0 Å². The van der Waals surface area contributed by atoms with Crippen LogP contribution in [0.15, 0.2) is 0 Å². The van der Waals surface area contributed by atoms with E-state index >= 15 is 0 Å². The van der Waals surface area contributed by atoms with Gasteiger partial charge >= 0.3 is 6.09 Å². The molecule has 1 heterocycles. The molecule has 0 aromatic carbocycles. The summed E-state index contributed by atoms with van der Waals surface area (Å²) in [4.78, 5) is 14.0. The molecular weight excluding hydrogens is 252 g/mol. The molecule has 0 aromatic heterocycles. The number of rotatable bonds is 4. The Bertz CT molecular complexity index is 321. The highest BCUT2D eigenvalue weighted by Gasteiger charge is 2.28. The first-order chi connectivity index (χ1) is 9.13. The summed E-state index contributed by atoms with van der Waals surface area (Å²) in [5, 5.41) is 3.34. The van der Waals surface area contributed by atoms with Gasteiger partial charge in [-0.2, -0.15) is 0 Å². The van der Waals surface area contributed by atoms with E-state index in [9.17, 15) is 4.79 Å². The summed E-state index contributed by atoms with van der Waals surface area (Å²) in [6.07, 6.45) is 4.45. The molecule has 1 aliphatic rings. The van der Waals surface area contributed by atoms with Crippen LogP contribution in [0.4, 0.5) is 4.79 Å². The van der Waals surface area contributed by atoms with Crippen LogP contribution in [0.3, 0.4) is 0 Å². The van der Waals surface area contributed by atoms with E-state index < -0.39 is 5.60 Å². The highest BCUT2D eigenvalue weighted by atomic mass is 16.6. The Kier molecular flexibility index (Phi) is 5.87. The molecule has 0 saturated carbocycles. The van der Waals surface area contributed by atoms with Crippen LogP contribution in [0.25, 0.3) is 0 Å². The fraction of sp³-hybridized carbons (Fsp3) is 0.938. The minimum atomic E-state index is -0.405. The van der Waals surface area contributed by atoms with Gasteiger partial charge in [0.2, 0.25) is 0 Å². The molecule has 1 amide bonds. The monoisotopic (exact) mass is 284 g/mol. The number of piperidine rings is 1. The van der Waals surface area contributed by atoms with E-state index in [2.05, 4.69) is 19.2 Å². The van der Waals surface area contributed by atoms with Crippen molar-refractivity contribution in [2.24, 2.45) is 5.92 Å². The molecule has 0 aromatic rings. The summed E-state index contributed by atoms with van der Waals surface area (Å²) >= 11 is 0. The van der Waals surface area contributed by atoms with Crippen molar-refractivity contribution in [3.63, 3.8) is 0 Å². The molecule has 1 atom stereocenters. The van der Waals surface area contributed by atoms with Crippen molar-refractivity contribution >= 4 is 6.09 Å². The van der Waals surface area contributed by atoms with Crippen LogP contribution >= 0.6 is 0 Å². The first-order valence-electron chi connectivity index (χ1n) is 7.80. The molecule has 1 N–H and O–H groups in total. The van der Waals surface area contributed by atoms with E-state index in [0.29, 0.717) is 5.92 Å². The third kappa shape index (κ3) is 6.12. The predicted octanol–water partition coefficient (Wildman–Crippen LogP) is 3.41. The highest BCUT2D eigenvalue weighted by molar-refractivity contribution is 5.68. The first kappa shape index (κ1) is 17.3. The molecule has 0 radical (unpaired) electrons. The van der Waals surface area contributed by atoms with Gasteiger partial charge in [0.15, 0.2) is 0 Å². The number of nitrogens with one attached hydrogen (secondary N) is 1. The number of nitrogens with zero attached hydrogens (tertiary/aromatic N) is 1. The molecular formula is C16H32N2O2. The third-order valence-electron chi connectivity index (χ3n) is 4.03. The summed E-state index contributed by atoms with van der Waals surface area (Å²) < 4.78 is 5.47. The second-order valence-electron chi connectivity index (χ2n) is 7.61. The Labute approximate surface area is 124 Å². The molecule has 1 rings (SSSR count). The Morgan fingerprint density at radius 1 is 1.30 bits per heavy atom. The van der Waals surface area contributed by atoms with Gasteiger partial charge in [0.1, 0.15) is 5.60 Å². The van der Waals surface area contributed by atoms with E-state index in [1.165, 1.54) is 6.42 Å². The molecule has 118 valence electrons. The summed E-state index contributed by atoms with van der Waals surface area (Å²) in [6, 6.07) is 0. The van der Waals surface area contributed by atoms with Gasteiger partial charge in [-0.25, -0.2) is 4.79 Å². The minimum Gasteiger partial charge on any atom is -0.444 e. The van der Waals surface area contributed by atoms with Crippen LogP contribution in [0.5, 0.6) is 0 Å². The fourth-order valence-corrected chi connectivity index (χ4v) is 2.48. The Morgan fingerprint density at radius 2 is 1.95 bits per heavy atom. The fourth-order valence-electron chi connectivity index (χ4n) is 2.48. The zero-order valence-corrected chi connectivity index (χ0v) is 14.1. The van der Waals surface area contributed by atoms with E-state index in [4.69, 9.17) is 4.74 Å². The maximum atomic E-state index is 12.1. The number of carbonyl (C=O) groups is 1. The van der Waals surface area contributed by atoms with Crippen molar-refractivity contribution < 1.29 is 9.53 Å². The average Bonchev–Trinajstić information content (AvgIpc) is 2.35. The largest absolute Gasteiger partial charge is 0.444 e. The van der Waals surface area contributed by atoms with Crippen LogP contribution in [0, 0.1) is 5.92 Å². The van der Waals surface area contributed by atoms with Gasteiger partial charge in [0.05, 0.1) is 0 Å². The van der Waals surface area contributed by atoms with E-state index in [1.807, 2.05) is 32.7 Å². The average molecular weight is 284 g/mol. The Hall–Kier alpha value is -0.770. The number of ether oxygens (including phenoxy) is 1. The number of hydrogen-bond acceptors (Lipinski definition) is 3. The van der Waals surface area contributed by atoms with Crippen LogP contribution < -0.4 is 5.32 Å². The molecule has 1 aliphatic heterocycles. The second-order valence-corrected chi connectivity index (χ2v) is 7.61. The maximum Gasteiger partial charge on any atom is 0.410 e. The topological polar surface area (TPSA) is 41.6 Å². The zero-order valence-electron chi connectivity index (χ0n) is 14.1. The Morgan fingerprint density at radius 3 is 2.50 bits per heavy atom. The Balaban J connectivity index is 2.44. The lowest BCUT2D eigenvalue weighted by atomic mass is 9.88. The highest BCUT2D eigenvalue weighted by Crippen LogP contribution is 2.25. The van der Waals surface area contributed by atoms with Gasteiger partial charge < -0.3 is 15.0 Å². The minimum absolute atomic E-state index is 0.157. The van der Waals surface area contributed by atoms with Gasteiger partial charge in [-0.15, -0.1) is 0 Å². The molecule has 1 unspecified atom stereocenters. The van der Waals surface area contributed by atoms with Crippen LogP contribution in [-0.2, 0) is 4.74 Å². The lowest BCUT2D eigenvalue weighted by Crippen LogP contribution is -2.43. The molecule has 4 heteroatoms. The smallest absolute Gasteiger partial charge is 0.410 e. The molecule has 0 bridgehead atoms. The summed E-state index contributed by atoms with van der Waals surface area (Å²) in [5.41, 5.74) is -0.230. The standard InChI is InChI=1S/C16H32N2O2/c1-15(2,3)20-14(19)18-11-7-8-13(12-18)9-10-16(4,5)17-6/h13,17H,7-12H2,1-6H3. The molecule has 4 nitrogen and oxygen atoms in total. The number of carbonyl (C=O) groups excluding carboxylic acids is 1. The van der Waals surface area contributed by atoms with Gasteiger partial charge in [0, 0.05) is 18.6 Å².